The summed E-state index contributed by atoms with van der Waals surface area (Å²) in [6, 6.07) is 5.96. The lowest BCUT2D eigenvalue weighted by molar-refractivity contribution is 0.265. The fourth-order valence-electron chi connectivity index (χ4n) is 2.31. The van der Waals surface area contributed by atoms with Crippen molar-refractivity contribution in [2.24, 2.45) is 5.73 Å². The van der Waals surface area contributed by atoms with Crippen LogP contribution in [0.2, 0.25) is 0 Å². The van der Waals surface area contributed by atoms with Gasteiger partial charge in [0, 0.05) is 51.0 Å². The largest absolute Gasteiger partial charge is 0.495 e. The minimum Gasteiger partial charge on any atom is -0.495 e. The number of rotatable bonds is 4. The maximum absolute atomic E-state index is 5.83. The van der Waals surface area contributed by atoms with Crippen molar-refractivity contribution < 1.29 is 4.74 Å². The van der Waals surface area contributed by atoms with Crippen LogP contribution >= 0.6 is 0 Å². The molecule has 1 saturated heterocycles. The zero-order valence-electron chi connectivity index (χ0n) is 10.9. The molecule has 100 valence electrons. The highest BCUT2D eigenvalue weighted by molar-refractivity contribution is 5.62. The monoisotopic (exact) mass is 250 g/mol. The maximum atomic E-state index is 5.83. The van der Waals surface area contributed by atoms with Gasteiger partial charge in [-0.25, -0.2) is 0 Å². The van der Waals surface area contributed by atoms with E-state index in [1.54, 1.807) is 7.11 Å². The number of anilines is 2. The van der Waals surface area contributed by atoms with Crippen molar-refractivity contribution in [3.63, 3.8) is 0 Å². The van der Waals surface area contributed by atoms with Gasteiger partial charge in [0.15, 0.2) is 0 Å². The van der Waals surface area contributed by atoms with Gasteiger partial charge in [0.25, 0.3) is 0 Å². The Labute approximate surface area is 108 Å². The normalized spacial score (nSPS) is 16.9. The topological polar surface area (TPSA) is 67.8 Å². The van der Waals surface area contributed by atoms with Crippen LogP contribution in [0.3, 0.4) is 0 Å². The fourth-order valence-corrected chi connectivity index (χ4v) is 2.31. The molecule has 1 heterocycles. The van der Waals surface area contributed by atoms with E-state index in [9.17, 15) is 0 Å². The fraction of sp³-hybridized carbons (Fsp3) is 0.538. The molecule has 5 heteroatoms. The number of piperazine rings is 1. The molecule has 1 aromatic rings. The molecule has 1 aliphatic heterocycles. The van der Waals surface area contributed by atoms with Crippen LogP contribution in [0, 0.1) is 0 Å². The Balaban J connectivity index is 2.01. The molecule has 0 radical (unpaired) electrons. The minimum absolute atomic E-state index is 0.683. The molecule has 0 atom stereocenters. The Morgan fingerprint density at radius 3 is 2.56 bits per heavy atom. The molecule has 18 heavy (non-hydrogen) atoms. The molecule has 0 aromatic heterocycles. The summed E-state index contributed by atoms with van der Waals surface area (Å²) in [5.41, 5.74) is 13.3. The molecule has 5 nitrogen and oxygen atoms in total. The quantitative estimate of drug-likeness (QED) is 0.755. The van der Waals surface area contributed by atoms with Crippen LogP contribution in [-0.2, 0) is 0 Å². The van der Waals surface area contributed by atoms with Crippen LogP contribution in [0.1, 0.15) is 0 Å². The highest BCUT2D eigenvalue weighted by atomic mass is 16.5. The highest BCUT2D eigenvalue weighted by Gasteiger charge is 2.17. The number of benzene rings is 1. The second-order valence-electron chi connectivity index (χ2n) is 4.54. The number of nitrogens with two attached hydrogens (primary N) is 2. The second-order valence-corrected chi connectivity index (χ2v) is 4.54. The van der Waals surface area contributed by atoms with Crippen molar-refractivity contribution in [2.45, 2.75) is 0 Å². The van der Waals surface area contributed by atoms with Crippen LogP contribution < -0.4 is 21.1 Å². The zero-order valence-corrected chi connectivity index (χ0v) is 10.9. The molecular weight excluding hydrogens is 228 g/mol. The summed E-state index contributed by atoms with van der Waals surface area (Å²) in [5.74, 6) is 0.747. The first-order valence-corrected chi connectivity index (χ1v) is 6.35. The first-order valence-electron chi connectivity index (χ1n) is 6.35. The maximum Gasteiger partial charge on any atom is 0.143 e. The van der Waals surface area contributed by atoms with Gasteiger partial charge in [-0.2, -0.15) is 0 Å². The van der Waals surface area contributed by atoms with Crippen LogP contribution in [-0.4, -0.2) is 51.3 Å². The summed E-state index contributed by atoms with van der Waals surface area (Å²) in [6.45, 7) is 5.88. The standard InChI is InChI=1S/C13H22N4O/c1-18-13-10-11(2-3-12(13)15)17-8-6-16(5-4-14)7-9-17/h2-3,10H,4-9,14-15H2,1H3. The van der Waals surface area contributed by atoms with Crippen molar-refractivity contribution in [3.05, 3.63) is 18.2 Å². The summed E-state index contributed by atoms with van der Waals surface area (Å²) in [6.07, 6.45) is 0. The number of nitrogens with zero attached hydrogens (tertiary/aromatic N) is 2. The van der Waals surface area contributed by atoms with E-state index in [1.165, 1.54) is 5.69 Å². The van der Waals surface area contributed by atoms with E-state index >= 15 is 0 Å². The summed E-state index contributed by atoms with van der Waals surface area (Å²) in [5, 5.41) is 0. The lowest BCUT2D eigenvalue weighted by Gasteiger charge is -2.36. The first kappa shape index (κ1) is 13.0. The smallest absolute Gasteiger partial charge is 0.143 e. The van der Waals surface area contributed by atoms with Gasteiger partial charge >= 0.3 is 0 Å². The molecule has 0 saturated carbocycles. The Bertz CT molecular complexity index is 389. The minimum atomic E-state index is 0.683. The molecule has 0 unspecified atom stereocenters. The molecule has 4 N–H and O–H groups in total. The Hall–Kier alpha value is -1.46. The summed E-state index contributed by atoms with van der Waals surface area (Å²) in [7, 11) is 1.65. The molecule has 1 aliphatic rings. The molecule has 0 amide bonds. The Morgan fingerprint density at radius 1 is 1.22 bits per heavy atom. The van der Waals surface area contributed by atoms with Crippen molar-refractivity contribution >= 4 is 11.4 Å². The first-order chi connectivity index (χ1) is 8.74. The van der Waals surface area contributed by atoms with E-state index in [1.807, 2.05) is 12.1 Å². The Morgan fingerprint density at radius 2 is 1.94 bits per heavy atom. The van der Waals surface area contributed by atoms with Crippen molar-refractivity contribution in [2.75, 3.05) is 57.0 Å². The van der Waals surface area contributed by atoms with E-state index in [2.05, 4.69) is 15.9 Å². The van der Waals surface area contributed by atoms with Gasteiger partial charge < -0.3 is 21.1 Å². The van der Waals surface area contributed by atoms with Crippen molar-refractivity contribution in [3.8, 4) is 5.75 Å². The Kier molecular flexibility index (Phi) is 4.28. The lowest BCUT2D eigenvalue weighted by atomic mass is 10.2. The number of methoxy groups -OCH3 is 1. The number of hydrogen-bond acceptors (Lipinski definition) is 5. The molecule has 1 aromatic carbocycles. The average Bonchev–Trinajstić information content (AvgIpc) is 2.41. The summed E-state index contributed by atoms with van der Waals surface area (Å²) in [4.78, 5) is 4.75. The second kappa shape index (κ2) is 5.93. The van der Waals surface area contributed by atoms with Crippen molar-refractivity contribution in [1.29, 1.82) is 0 Å². The lowest BCUT2D eigenvalue weighted by Crippen LogP contribution is -2.47. The van der Waals surface area contributed by atoms with Crippen LogP contribution in [0.4, 0.5) is 11.4 Å². The molecule has 2 rings (SSSR count). The van der Waals surface area contributed by atoms with E-state index in [0.29, 0.717) is 5.69 Å². The van der Waals surface area contributed by atoms with Gasteiger partial charge in [0.1, 0.15) is 5.75 Å². The average molecular weight is 250 g/mol. The van der Waals surface area contributed by atoms with Crippen molar-refractivity contribution in [1.82, 2.24) is 4.90 Å². The third kappa shape index (κ3) is 2.86. The number of hydrogen-bond donors (Lipinski definition) is 2. The summed E-state index contributed by atoms with van der Waals surface area (Å²) < 4.78 is 5.26. The predicted octanol–water partition coefficient (Wildman–Crippen LogP) is 0.358. The predicted molar refractivity (Wildman–Crippen MR) is 75.1 cm³/mol. The van der Waals surface area contributed by atoms with Gasteiger partial charge in [0.2, 0.25) is 0 Å². The van der Waals surface area contributed by atoms with Gasteiger partial charge in [-0.05, 0) is 12.1 Å². The zero-order chi connectivity index (χ0) is 13.0. The van der Waals surface area contributed by atoms with Crippen LogP contribution in [0.15, 0.2) is 18.2 Å². The summed E-state index contributed by atoms with van der Waals surface area (Å²) >= 11 is 0. The molecular formula is C13H22N4O. The van der Waals surface area contributed by atoms with Gasteiger partial charge in [-0.1, -0.05) is 0 Å². The van der Waals surface area contributed by atoms with Crippen LogP contribution in [0.25, 0.3) is 0 Å². The highest BCUT2D eigenvalue weighted by Crippen LogP contribution is 2.27. The SMILES string of the molecule is COc1cc(N2CCN(CCN)CC2)ccc1N. The third-order valence-corrected chi connectivity index (χ3v) is 3.40. The molecule has 0 bridgehead atoms. The van der Waals surface area contributed by atoms with E-state index in [0.717, 1.165) is 45.0 Å². The third-order valence-electron chi connectivity index (χ3n) is 3.40. The number of ether oxygens (including phenoxy) is 1. The molecule has 0 aliphatic carbocycles. The van der Waals surface area contributed by atoms with Gasteiger partial charge in [0.05, 0.1) is 12.8 Å². The van der Waals surface area contributed by atoms with E-state index in [-0.39, 0.29) is 0 Å². The van der Waals surface area contributed by atoms with E-state index < -0.39 is 0 Å². The molecule has 0 spiro atoms. The van der Waals surface area contributed by atoms with Gasteiger partial charge in [-0.15, -0.1) is 0 Å². The van der Waals surface area contributed by atoms with E-state index in [4.69, 9.17) is 16.2 Å². The number of nitrogen functional groups attached to an aromatic ring is 1. The van der Waals surface area contributed by atoms with Crippen LogP contribution in [0.5, 0.6) is 5.75 Å². The molecule has 1 fully saturated rings. The van der Waals surface area contributed by atoms with Gasteiger partial charge in [-0.3, -0.25) is 4.90 Å².